The molecule has 1 fully saturated rings. The third kappa shape index (κ3) is 2.73. The Morgan fingerprint density at radius 1 is 1.27 bits per heavy atom. The first-order chi connectivity index (χ1) is 10.6. The minimum absolute atomic E-state index is 0.0428. The molecule has 116 valence electrons. The topological polar surface area (TPSA) is 53.0 Å². The molecular formula is C16H18FN3O2. The normalized spacial score (nSPS) is 22.0. The SMILES string of the molecule is CN1N=C(C(=O)N2CCC[C@H]2c2ccc(F)cc2)CCC1=O. The molecule has 0 spiro atoms. The number of likely N-dealkylation sites (tertiary alicyclic amines) is 1. The number of hydrogen-bond acceptors (Lipinski definition) is 3. The first-order valence-electron chi connectivity index (χ1n) is 7.47. The summed E-state index contributed by atoms with van der Waals surface area (Å²) in [5.74, 6) is -0.476. The number of rotatable bonds is 2. The smallest absolute Gasteiger partial charge is 0.270 e. The van der Waals surface area contributed by atoms with Crippen LogP contribution in [0.25, 0.3) is 0 Å². The van der Waals surface area contributed by atoms with Crippen LogP contribution in [0.15, 0.2) is 29.4 Å². The summed E-state index contributed by atoms with van der Waals surface area (Å²) in [6.45, 7) is 0.664. The molecule has 1 atom stereocenters. The Labute approximate surface area is 128 Å². The molecule has 0 aromatic heterocycles. The first-order valence-corrected chi connectivity index (χ1v) is 7.47. The number of amides is 2. The van der Waals surface area contributed by atoms with Crippen molar-refractivity contribution in [3.05, 3.63) is 35.6 Å². The van der Waals surface area contributed by atoms with E-state index in [1.165, 1.54) is 17.1 Å². The molecule has 6 heteroatoms. The highest BCUT2D eigenvalue weighted by Crippen LogP contribution is 2.32. The molecule has 2 heterocycles. The minimum Gasteiger partial charge on any atom is -0.331 e. The van der Waals surface area contributed by atoms with Crippen LogP contribution in [0.3, 0.4) is 0 Å². The quantitative estimate of drug-likeness (QED) is 0.840. The zero-order valence-electron chi connectivity index (χ0n) is 12.5. The molecule has 1 aromatic rings. The third-order valence-corrected chi connectivity index (χ3v) is 4.22. The monoisotopic (exact) mass is 303 g/mol. The average Bonchev–Trinajstić information content (AvgIpc) is 2.99. The Balaban J connectivity index is 1.81. The Morgan fingerprint density at radius 2 is 2.00 bits per heavy atom. The molecule has 1 saturated heterocycles. The lowest BCUT2D eigenvalue weighted by atomic mass is 10.0. The Hall–Kier alpha value is -2.24. The van der Waals surface area contributed by atoms with Gasteiger partial charge in [-0.15, -0.1) is 0 Å². The van der Waals surface area contributed by atoms with E-state index in [1.807, 2.05) is 0 Å². The number of benzene rings is 1. The molecular weight excluding hydrogens is 285 g/mol. The van der Waals surface area contributed by atoms with Gasteiger partial charge in [-0.25, -0.2) is 9.40 Å². The van der Waals surface area contributed by atoms with Crippen molar-refractivity contribution < 1.29 is 14.0 Å². The molecule has 1 aromatic carbocycles. The zero-order chi connectivity index (χ0) is 15.7. The molecule has 0 radical (unpaired) electrons. The maximum atomic E-state index is 13.1. The van der Waals surface area contributed by atoms with E-state index >= 15 is 0 Å². The van der Waals surface area contributed by atoms with Crippen LogP contribution in [0.2, 0.25) is 0 Å². The second kappa shape index (κ2) is 5.87. The van der Waals surface area contributed by atoms with E-state index in [9.17, 15) is 14.0 Å². The van der Waals surface area contributed by atoms with Crippen molar-refractivity contribution in [1.82, 2.24) is 9.91 Å². The lowest BCUT2D eigenvalue weighted by Crippen LogP contribution is -2.40. The van der Waals surface area contributed by atoms with Crippen molar-refractivity contribution in [1.29, 1.82) is 0 Å². The lowest BCUT2D eigenvalue weighted by molar-refractivity contribution is -0.130. The second-order valence-corrected chi connectivity index (χ2v) is 5.67. The van der Waals surface area contributed by atoms with Gasteiger partial charge in [0.05, 0.1) is 6.04 Å². The Morgan fingerprint density at radius 3 is 2.68 bits per heavy atom. The summed E-state index contributed by atoms with van der Waals surface area (Å²) in [5.41, 5.74) is 1.37. The van der Waals surface area contributed by atoms with Crippen LogP contribution in [-0.4, -0.2) is 41.0 Å². The maximum Gasteiger partial charge on any atom is 0.270 e. The van der Waals surface area contributed by atoms with Gasteiger partial charge in [-0.3, -0.25) is 9.59 Å². The number of hydrazone groups is 1. The van der Waals surface area contributed by atoms with Gasteiger partial charge in [0.1, 0.15) is 11.5 Å². The number of carbonyl (C=O) groups is 2. The molecule has 2 aliphatic heterocycles. The number of nitrogens with zero attached hydrogens (tertiary/aromatic N) is 3. The molecule has 0 saturated carbocycles. The average molecular weight is 303 g/mol. The number of halogens is 1. The summed E-state index contributed by atoms with van der Waals surface area (Å²) in [5, 5.41) is 5.34. The molecule has 3 rings (SSSR count). The summed E-state index contributed by atoms with van der Waals surface area (Å²) in [4.78, 5) is 25.9. The molecule has 5 nitrogen and oxygen atoms in total. The summed E-state index contributed by atoms with van der Waals surface area (Å²) in [7, 11) is 1.57. The van der Waals surface area contributed by atoms with Crippen LogP contribution in [0.1, 0.15) is 37.3 Å². The van der Waals surface area contributed by atoms with Gasteiger partial charge >= 0.3 is 0 Å². The van der Waals surface area contributed by atoms with Crippen LogP contribution < -0.4 is 0 Å². The summed E-state index contributed by atoms with van der Waals surface area (Å²) >= 11 is 0. The highest BCUT2D eigenvalue weighted by Gasteiger charge is 2.34. The Bertz CT molecular complexity index is 627. The van der Waals surface area contributed by atoms with Crippen LogP contribution in [-0.2, 0) is 9.59 Å². The van der Waals surface area contributed by atoms with Gasteiger partial charge in [0.25, 0.3) is 5.91 Å². The van der Waals surface area contributed by atoms with Crippen molar-refractivity contribution >= 4 is 17.5 Å². The number of carbonyl (C=O) groups excluding carboxylic acids is 2. The van der Waals surface area contributed by atoms with E-state index in [1.54, 1.807) is 24.1 Å². The van der Waals surface area contributed by atoms with Gasteiger partial charge in [0.15, 0.2) is 0 Å². The zero-order valence-corrected chi connectivity index (χ0v) is 12.5. The van der Waals surface area contributed by atoms with Gasteiger partial charge in [-0.1, -0.05) is 12.1 Å². The first kappa shape index (κ1) is 14.7. The van der Waals surface area contributed by atoms with Crippen LogP contribution in [0, 0.1) is 5.82 Å². The molecule has 0 bridgehead atoms. The van der Waals surface area contributed by atoms with Crippen LogP contribution in [0.5, 0.6) is 0 Å². The summed E-state index contributed by atoms with van der Waals surface area (Å²) < 4.78 is 13.1. The predicted octanol–water partition coefficient (Wildman–Crippen LogP) is 2.10. The standard InChI is InChI=1S/C16H18FN3O2/c1-19-15(21)9-8-13(18-19)16(22)20-10-2-3-14(20)11-4-6-12(17)7-5-11/h4-7,14H,2-3,8-10H2,1H3/t14-/m0/s1. The van der Waals surface area contributed by atoms with Gasteiger partial charge in [0.2, 0.25) is 5.91 Å². The molecule has 22 heavy (non-hydrogen) atoms. The van der Waals surface area contributed by atoms with Crippen molar-refractivity contribution in [3.63, 3.8) is 0 Å². The number of hydrogen-bond donors (Lipinski definition) is 0. The van der Waals surface area contributed by atoms with Crippen molar-refractivity contribution in [2.24, 2.45) is 5.10 Å². The fourth-order valence-corrected chi connectivity index (χ4v) is 3.03. The van der Waals surface area contributed by atoms with E-state index in [4.69, 9.17) is 0 Å². The molecule has 0 N–H and O–H groups in total. The van der Waals surface area contributed by atoms with Gasteiger partial charge < -0.3 is 4.90 Å². The van der Waals surface area contributed by atoms with E-state index in [0.717, 1.165) is 18.4 Å². The lowest BCUT2D eigenvalue weighted by Gasteiger charge is -2.27. The fraction of sp³-hybridized carbons (Fsp3) is 0.438. The van der Waals surface area contributed by atoms with Gasteiger partial charge in [0, 0.05) is 26.4 Å². The predicted molar refractivity (Wildman–Crippen MR) is 79.5 cm³/mol. The summed E-state index contributed by atoms with van der Waals surface area (Å²) in [6, 6.07) is 6.24. The molecule has 0 unspecified atom stereocenters. The second-order valence-electron chi connectivity index (χ2n) is 5.67. The van der Waals surface area contributed by atoms with E-state index in [2.05, 4.69) is 5.10 Å². The van der Waals surface area contributed by atoms with Gasteiger partial charge in [-0.2, -0.15) is 5.10 Å². The largest absolute Gasteiger partial charge is 0.331 e. The van der Waals surface area contributed by atoms with E-state index < -0.39 is 0 Å². The van der Waals surface area contributed by atoms with Crippen LogP contribution >= 0.6 is 0 Å². The van der Waals surface area contributed by atoms with Crippen molar-refractivity contribution in [2.45, 2.75) is 31.7 Å². The van der Waals surface area contributed by atoms with Crippen molar-refractivity contribution in [3.8, 4) is 0 Å². The highest BCUT2D eigenvalue weighted by molar-refractivity contribution is 6.39. The maximum absolute atomic E-state index is 13.1. The van der Waals surface area contributed by atoms with Gasteiger partial charge in [-0.05, 0) is 30.5 Å². The van der Waals surface area contributed by atoms with Crippen molar-refractivity contribution in [2.75, 3.05) is 13.6 Å². The minimum atomic E-state index is -0.281. The third-order valence-electron chi connectivity index (χ3n) is 4.22. The van der Waals surface area contributed by atoms with E-state index in [-0.39, 0.29) is 23.7 Å². The molecule has 0 aliphatic carbocycles. The van der Waals surface area contributed by atoms with E-state index in [0.29, 0.717) is 25.1 Å². The Kier molecular flexibility index (Phi) is 3.92. The summed E-state index contributed by atoms with van der Waals surface area (Å²) in [6.07, 6.45) is 2.47. The molecule has 2 amide bonds. The highest BCUT2D eigenvalue weighted by atomic mass is 19.1. The van der Waals surface area contributed by atoms with Crippen LogP contribution in [0.4, 0.5) is 4.39 Å². The fourth-order valence-electron chi connectivity index (χ4n) is 3.03. The molecule has 2 aliphatic rings.